The molecule has 0 spiro atoms. The first-order valence-electron chi connectivity index (χ1n) is 8.88. The predicted molar refractivity (Wildman–Crippen MR) is 93.8 cm³/mol. The van der Waals surface area contributed by atoms with Crippen molar-refractivity contribution in [2.45, 2.75) is 25.8 Å². The van der Waals surface area contributed by atoms with Gasteiger partial charge in [0.05, 0.1) is 11.2 Å². The maximum atomic E-state index is 12.2. The Morgan fingerprint density at radius 2 is 1.84 bits per heavy atom. The van der Waals surface area contributed by atoms with Gasteiger partial charge in [0.2, 0.25) is 10.0 Å². The maximum Gasteiger partial charge on any atom is 0.312 e. The maximum absolute atomic E-state index is 12.2. The molecule has 1 N–H and O–H groups in total. The number of carboxylic acids is 1. The van der Waals surface area contributed by atoms with Crippen LogP contribution >= 0.6 is 0 Å². The molecule has 0 saturated carbocycles. The number of likely N-dealkylation sites (tertiary alicyclic amines) is 1. The quantitative estimate of drug-likeness (QED) is 0.856. The highest BCUT2D eigenvalue weighted by atomic mass is 32.2. The van der Waals surface area contributed by atoms with Crippen molar-refractivity contribution < 1.29 is 18.3 Å². The van der Waals surface area contributed by atoms with Gasteiger partial charge in [0.25, 0.3) is 0 Å². The molecule has 4 rings (SSSR count). The van der Waals surface area contributed by atoms with Crippen LogP contribution in [0.25, 0.3) is 0 Å². The molecule has 0 amide bonds. The van der Waals surface area contributed by atoms with Crippen LogP contribution in [0.5, 0.6) is 0 Å². The van der Waals surface area contributed by atoms with Gasteiger partial charge in [-0.2, -0.15) is 0 Å². The second kappa shape index (κ2) is 5.79. The Morgan fingerprint density at radius 1 is 1.20 bits per heavy atom. The van der Waals surface area contributed by atoms with Gasteiger partial charge in [-0.15, -0.1) is 0 Å². The highest BCUT2D eigenvalue weighted by Gasteiger charge is 2.60. The smallest absolute Gasteiger partial charge is 0.312 e. The fourth-order valence-electron chi connectivity index (χ4n) is 4.83. The fraction of sp³-hybridized carbons (Fsp3) is 0.611. The number of carbonyl (C=O) groups is 1. The van der Waals surface area contributed by atoms with Gasteiger partial charge in [-0.3, -0.25) is 9.69 Å². The summed E-state index contributed by atoms with van der Waals surface area (Å²) in [7, 11) is -3.34. The minimum atomic E-state index is -3.34. The largest absolute Gasteiger partial charge is 0.481 e. The van der Waals surface area contributed by atoms with Crippen molar-refractivity contribution in [3.05, 3.63) is 35.4 Å². The summed E-state index contributed by atoms with van der Waals surface area (Å²) in [6.07, 6.45) is 1.91. The lowest BCUT2D eigenvalue weighted by atomic mass is 9.81. The number of fused-ring (bicyclic) bond motifs is 2. The molecule has 136 valence electrons. The summed E-state index contributed by atoms with van der Waals surface area (Å²) >= 11 is 0. The van der Waals surface area contributed by atoms with Crippen LogP contribution in [0.4, 0.5) is 0 Å². The van der Waals surface area contributed by atoms with Crippen LogP contribution in [-0.4, -0.2) is 66.7 Å². The average molecular weight is 364 g/mol. The van der Waals surface area contributed by atoms with E-state index in [-0.39, 0.29) is 18.2 Å². The number of sulfonamides is 1. The fourth-order valence-corrected chi connectivity index (χ4v) is 6.03. The normalized spacial score (nSPS) is 30.5. The second-order valence-electron chi connectivity index (χ2n) is 7.61. The molecule has 6 nitrogen and oxygen atoms in total. The molecule has 2 aliphatic heterocycles. The van der Waals surface area contributed by atoms with Crippen molar-refractivity contribution in [2.75, 3.05) is 31.9 Å². The van der Waals surface area contributed by atoms with Crippen LogP contribution in [0.2, 0.25) is 0 Å². The standard InChI is InChI=1S/C18H24N2O4S/c1-2-25(23,24)20-10-15-9-19(11-18(15,12-20)17(21)22)16-7-13-5-3-4-6-14(13)8-16/h3-6,15-16H,2,7-12H2,1H3,(H,21,22)/t15-,18-/m0/s1. The van der Waals surface area contributed by atoms with Crippen molar-refractivity contribution in [1.29, 1.82) is 0 Å². The highest BCUT2D eigenvalue weighted by Crippen LogP contribution is 2.45. The third-order valence-electron chi connectivity index (χ3n) is 6.33. The first-order valence-corrected chi connectivity index (χ1v) is 10.5. The Bertz CT molecular complexity index is 784. The molecule has 0 aromatic heterocycles. The Morgan fingerprint density at radius 3 is 2.36 bits per heavy atom. The van der Waals surface area contributed by atoms with Crippen molar-refractivity contribution in [3.63, 3.8) is 0 Å². The Balaban J connectivity index is 1.54. The third kappa shape index (κ3) is 2.60. The van der Waals surface area contributed by atoms with E-state index in [4.69, 9.17) is 0 Å². The van der Waals surface area contributed by atoms with E-state index < -0.39 is 21.4 Å². The van der Waals surface area contributed by atoms with E-state index in [1.54, 1.807) is 6.92 Å². The molecule has 3 aliphatic rings. The van der Waals surface area contributed by atoms with Gasteiger partial charge < -0.3 is 5.11 Å². The van der Waals surface area contributed by atoms with Crippen LogP contribution < -0.4 is 0 Å². The molecule has 0 bridgehead atoms. The van der Waals surface area contributed by atoms with E-state index in [1.807, 2.05) is 12.1 Å². The predicted octanol–water partition coefficient (Wildman–Crippen LogP) is 0.822. The summed E-state index contributed by atoms with van der Waals surface area (Å²) in [5, 5.41) is 9.92. The molecule has 0 radical (unpaired) electrons. The minimum absolute atomic E-state index is 0.0249. The number of rotatable bonds is 4. The van der Waals surface area contributed by atoms with Crippen LogP contribution in [0, 0.1) is 11.3 Å². The van der Waals surface area contributed by atoms with Crippen LogP contribution in [-0.2, 0) is 27.7 Å². The van der Waals surface area contributed by atoms with Gasteiger partial charge in [0.1, 0.15) is 0 Å². The lowest BCUT2D eigenvalue weighted by Gasteiger charge is -2.28. The van der Waals surface area contributed by atoms with Gasteiger partial charge in [0, 0.05) is 38.1 Å². The summed E-state index contributed by atoms with van der Waals surface area (Å²) in [5.41, 5.74) is 1.74. The van der Waals surface area contributed by atoms with Crippen molar-refractivity contribution in [2.24, 2.45) is 11.3 Å². The lowest BCUT2D eigenvalue weighted by Crippen LogP contribution is -2.44. The summed E-state index contributed by atoms with van der Waals surface area (Å²) in [6.45, 7) is 3.17. The molecule has 2 heterocycles. The van der Waals surface area contributed by atoms with E-state index in [9.17, 15) is 18.3 Å². The summed E-state index contributed by atoms with van der Waals surface area (Å²) < 4.78 is 25.8. The lowest BCUT2D eigenvalue weighted by molar-refractivity contribution is -0.148. The number of nitrogens with zero attached hydrogens (tertiary/aromatic N) is 2. The monoisotopic (exact) mass is 364 g/mol. The summed E-state index contributed by atoms with van der Waals surface area (Å²) in [4.78, 5) is 14.4. The number of carboxylic acid groups (broad SMARTS) is 1. The number of hydrogen-bond acceptors (Lipinski definition) is 4. The minimum Gasteiger partial charge on any atom is -0.481 e. The molecular weight excluding hydrogens is 340 g/mol. The van der Waals surface area contributed by atoms with E-state index in [1.165, 1.54) is 15.4 Å². The Kier molecular flexibility index (Phi) is 3.94. The van der Waals surface area contributed by atoms with Gasteiger partial charge >= 0.3 is 5.97 Å². The van der Waals surface area contributed by atoms with Gasteiger partial charge in [-0.25, -0.2) is 12.7 Å². The summed E-state index contributed by atoms with van der Waals surface area (Å²) in [5.74, 6) is -0.962. The van der Waals surface area contributed by atoms with Gasteiger partial charge in [-0.05, 0) is 30.9 Å². The van der Waals surface area contributed by atoms with Crippen molar-refractivity contribution >= 4 is 16.0 Å². The molecule has 0 unspecified atom stereocenters. The molecule has 2 saturated heterocycles. The number of aliphatic carboxylic acids is 1. The first kappa shape index (κ1) is 17.0. The zero-order valence-corrected chi connectivity index (χ0v) is 15.2. The number of hydrogen-bond donors (Lipinski definition) is 1. The second-order valence-corrected chi connectivity index (χ2v) is 9.87. The Labute approximate surface area is 148 Å². The van der Waals surface area contributed by atoms with Crippen LogP contribution in [0.15, 0.2) is 24.3 Å². The highest BCUT2D eigenvalue weighted by molar-refractivity contribution is 7.89. The van der Waals surface area contributed by atoms with Crippen molar-refractivity contribution in [1.82, 2.24) is 9.21 Å². The van der Waals surface area contributed by atoms with E-state index in [0.717, 1.165) is 12.8 Å². The molecular formula is C18H24N2O4S. The molecule has 2 atom stereocenters. The van der Waals surface area contributed by atoms with E-state index in [2.05, 4.69) is 17.0 Å². The van der Waals surface area contributed by atoms with Crippen LogP contribution in [0.3, 0.4) is 0 Å². The van der Waals surface area contributed by atoms with Crippen LogP contribution in [0.1, 0.15) is 18.1 Å². The zero-order chi connectivity index (χ0) is 17.8. The topological polar surface area (TPSA) is 77.9 Å². The first-order chi connectivity index (χ1) is 11.9. The third-order valence-corrected chi connectivity index (χ3v) is 8.13. The molecule has 1 aliphatic carbocycles. The summed E-state index contributed by atoms with van der Waals surface area (Å²) in [6, 6.07) is 8.72. The zero-order valence-electron chi connectivity index (χ0n) is 14.4. The number of benzene rings is 1. The molecule has 7 heteroatoms. The van der Waals surface area contributed by atoms with Crippen molar-refractivity contribution in [3.8, 4) is 0 Å². The van der Waals surface area contributed by atoms with E-state index >= 15 is 0 Å². The molecule has 25 heavy (non-hydrogen) atoms. The molecule has 1 aromatic rings. The molecule has 2 fully saturated rings. The SMILES string of the molecule is CCS(=O)(=O)N1C[C@@H]2CN(C3Cc4ccccc4C3)C[C@]2(C(=O)O)C1. The molecule has 1 aromatic carbocycles. The van der Waals surface area contributed by atoms with Gasteiger partial charge in [0.15, 0.2) is 0 Å². The Hall–Kier alpha value is -1.44. The van der Waals surface area contributed by atoms with Gasteiger partial charge in [-0.1, -0.05) is 24.3 Å². The average Bonchev–Trinajstić information content (AvgIpc) is 3.24. The van der Waals surface area contributed by atoms with E-state index in [0.29, 0.717) is 25.7 Å².